The van der Waals surface area contributed by atoms with Crippen LogP contribution in [-0.4, -0.2) is 34.5 Å². The number of fused-ring (bicyclic) bond motifs is 6. The normalized spacial score (nSPS) is 20.5. The average Bonchev–Trinajstić information content (AvgIpc) is 3.50. The molecule has 7 rings (SSSR count). The van der Waals surface area contributed by atoms with Crippen LogP contribution in [-0.2, 0) is 16.8 Å². The Bertz CT molecular complexity index is 1420. The van der Waals surface area contributed by atoms with Gasteiger partial charge in [0, 0.05) is 17.3 Å². The second-order valence-corrected chi connectivity index (χ2v) is 8.71. The zero-order chi connectivity index (χ0) is 21.3. The Hall–Kier alpha value is -3.65. The van der Waals surface area contributed by atoms with Gasteiger partial charge in [0.1, 0.15) is 42.0 Å². The van der Waals surface area contributed by atoms with Crippen LogP contribution in [0.1, 0.15) is 16.7 Å². The van der Waals surface area contributed by atoms with Crippen molar-refractivity contribution in [3.05, 3.63) is 71.3 Å². The molecule has 7 nitrogen and oxygen atoms in total. The molecule has 1 aromatic heterocycles. The van der Waals surface area contributed by atoms with E-state index in [9.17, 15) is 4.79 Å². The Labute approximate surface area is 187 Å². The fourth-order valence-corrected chi connectivity index (χ4v) is 5.49. The van der Waals surface area contributed by atoms with Gasteiger partial charge in [0.15, 0.2) is 11.5 Å². The highest BCUT2D eigenvalue weighted by Crippen LogP contribution is 2.55. The third-order valence-electron chi connectivity index (χ3n) is 6.47. The fourth-order valence-electron chi connectivity index (χ4n) is 4.98. The van der Waals surface area contributed by atoms with Crippen molar-refractivity contribution in [3.8, 4) is 17.2 Å². The molecule has 0 radical (unpaired) electrons. The van der Waals surface area contributed by atoms with Crippen molar-refractivity contribution in [2.45, 2.75) is 12.0 Å². The Balaban J connectivity index is 1.35. The Morgan fingerprint density at radius 2 is 1.69 bits per heavy atom. The number of ether oxygens (including phenoxy) is 3. The molecule has 0 fully saturated rings. The largest absolute Gasteiger partial charge is 0.491 e. The van der Waals surface area contributed by atoms with Gasteiger partial charge in [0.05, 0.1) is 18.3 Å². The molecule has 1 atom stereocenters. The summed E-state index contributed by atoms with van der Waals surface area (Å²) in [5, 5.41) is 0. The summed E-state index contributed by atoms with van der Waals surface area (Å²) < 4.78 is 26.2. The van der Waals surface area contributed by atoms with Gasteiger partial charge in [-0.25, -0.2) is 0 Å². The summed E-state index contributed by atoms with van der Waals surface area (Å²) in [7, 11) is 0. The van der Waals surface area contributed by atoms with E-state index in [1.807, 2.05) is 59.5 Å². The third-order valence-corrected chi connectivity index (χ3v) is 7.03. The number of nitrogens with zero attached hydrogens (tertiary/aromatic N) is 3. The van der Waals surface area contributed by atoms with Crippen LogP contribution in [0.2, 0.25) is 0 Å². The predicted octanol–water partition coefficient (Wildman–Crippen LogP) is 3.69. The number of hydrogen-bond acceptors (Lipinski definition) is 7. The van der Waals surface area contributed by atoms with Crippen LogP contribution in [0.15, 0.2) is 54.6 Å². The van der Waals surface area contributed by atoms with Crippen molar-refractivity contribution in [2.75, 3.05) is 24.7 Å². The summed E-state index contributed by atoms with van der Waals surface area (Å²) in [4.78, 5) is 15.9. The second kappa shape index (κ2) is 6.43. The summed E-state index contributed by atoms with van der Waals surface area (Å²) in [6.45, 7) is 1.70. The lowest BCUT2D eigenvalue weighted by molar-refractivity contribution is -0.122. The molecule has 3 aromatic carbocycles. The number of anilines is 1. The minimum atomic E-state index is -0.895. The standard InChI is InChI=1S/C24H17N3O4S/c28-23-24(13-31-20-11-22-21(10-16(20)24)29-7-8-30-22)15-3-1-2-4-19(15)27(23)12-14-5-6-17-18(9-14)26-32-25-17/h1-6,9-11H,7-8,12-13H2/t24-/m1/s1. The first-order valence-electron chi connectivity index (χ1n) is 10.4. The van der Waals surface area contributed by atoms with Crippen molar-refractivity contribution >= 4 is 34.4 Å². The summed E-state index contributed by atoms with van der Waals surface area (Å²) in [6.07, 6.45) is 0. The molecule has 0 N–H and O–H groups in total. The Morgan fingerprint density at radius 1 is 0.875 bits per heavy atom. The van der Waals surface area contributed by atoms with Crippen LogP contribution < -0.4 is 19.1 Å². The van der Waals surface area contributed by atoms with Gasteiger partial charge in [-0.15, -0.1) is 0 Å². The van der Waals surface area contributed by atoms with Gasteiger partial charge in [-0.3, -0.25) is 4.79 Å². The lowest BCUT2D eigenvalue weighted by Gasteiger charge is -2.24. The average molecular weight is 443 g/mol. The Morgan fingerprint density at radius 3 is 2.59 bits per heavy atom. The topological polar surface area (TPSA) is 73.8 Å². The molecule has 4 heterocycles. The summed E-state index contributed by atoms with van der Waals surface area (Å²) in [5.41, 5.74) is 4.52. The van der Waals surface area contributed by atoms with E-state index in [4.69, 9.17) is 14.2 Å². The summed E-state index contributed by atoms with van der Waals surface area (Å²) in [6, 6.07) is 17.7. The van der Waals surface area contributed by atoms with Gasteiger partial charge >= 0.3 is 0 Å². The molecular weight excluding hydrogens is 426 g/mol. The minimum Gasteiger partial charge on any atom is -0.491 e. The van der Waals surface area contributed by atoms with Crippen LogP contribution in [0.5, 0.6) is 17.2 Å². The number of aromatic nitrogens is 2. The number of carbonyl (C=O) groups is 1. The van der Waals surface area contributed by atoms with Gasteiger partial charge < -0.3 is 19.1 Å². The summed E-state index contributed by atoms with van der Waals surface area (Å²) in [5.74, 6) is 2.00. The predicted molar refractivity (Wildman–Crippen MR) is 119 cm³/mol. The van der Waals surface area contributed by atoms with Crippen LogP contribution in [0.4, 0.5) is 5.69 Å². The monoisotopic (exact) mass is 443 g/mol. The number of para-hydroxylation sites is 1. The number of rotatable bonds is 2. The first-order chi connectivity index (χ1) is 15.7. The van der Waals surface area contributed by atoms with E-state index in [1.165, 1.54) is 11.7 Å². The molecule has 0 saturated carbocycles. The highest BCUT2D eigenvalue weighted by molar-refractivity contribution is 7.00. The van der Waals surface area contributed by atoms with Gasteiger partial charge in [-0.1, -0.05) is 24.3 Å². The molecule has 32 heavy (non-hydrogen) atoms. The number of benzene rings is 3. The molecule has 1 spiro atoms. The molecule has 4 aromatic rings. The van der Waals surface area contributed by atoms with E-state index < -0.39 is 5.41 Å². The maximum Gasteiger partial charge on any atom is 0.246 e. The zero-order valence-corrected chi connectivity index (χ0v) is 17.7. The second-order valence-electron chi connectivity index (χ2n) is 8.18. The zero-order valence-electron chi connectivity index (χ0n) is 16.9. The molecule has 1 amide bonds. The van der Waals surface area contributed by atoms with Crippen molar-refractivity contribution in [2.24, 2.45) is 0 Å². The number of amides is 1. The van der Waals surface area contributed by atoms with E-state index >= 15 is 0 Å². The van der Waals surface area contributed by atoms with E-state index in [-0.39, 0.29) is 12.5 Å². The van der Waals surface area contributed by atoms with Gasteiger partial charge in [-0.2, -0.15) is 8.75 Å². The van der Waals surface area contributed by atoms with Crippen LogP contribution in [0.3, 0.4) is 0 Å². The van der Waals surface area contributed by atoms with Gasteiger partial charge in [-0.05, 0) is 35.4 Å². The number of carbonyl (C=O) groups excluding carboxylic acids is 1. The third kappa shape index (κ3) is 2.32. The lowest BCUT2D eigenvalue weighted by Crippen LogP contribution is -2.42. The van der Waals surface area contributed by atoms with Crippen molar-refractivity contribution in [1.29, 1.82) is 0 Å². The van der Waals surface area contributed by atoms with Crippen molar-refractivity contribution < 1.29 is 19.0 Å². The first-order valence-corrected chi connectivity index (χ1v) is 11.2. The van der Waals surface area contributed by atoms with Crippen LogP contribution >= 0.6 is 11.7 Å². The van der Waals surface area contributed by atoms with Crippen molar-refractivity contribution in [3.63, 3.8) is 0 Å². The maximum absolute atomic E-state index is 14.1. The quantitative estimate of drug-likeness (QED) is 0.471. The molecule has 0 unspecified atom stereocenters. The highest BCUT2D eigenvalue weighted by atomic mass is 32.1. The van der Waals surface area contributed by atoms with E-state index in [1.54, 1.807) is 0 Å². The molecule has 0 bridgehead atoms. The SMILES string of the molecule is O=C1N(Cc2ccc3nsnc3c2)c2ccccc2[C@@]12COc1cc3c(cc12)OCCO3. The fraction of sp³-hybridized carbons (Fsp3) is 0.208. The minimum absolute atomic E-state index is 0.00521. The molecule has 158 valence electrons. The van der Waals surface area contributed by atoms with E-state index in [0.29, 0.717) is 37.0 Å². The smallest absolute Gasteiger partial charge is 0.246 e. The molecule has 0 saturated heterocycles. The lowest BCUT2D eigenvalue weighted by atomic mass is 9.77. The molecule has 3 aliphatic heterocycles. The van der Waals surface area contributed by atoms with E-state index in [2.05, 4.69) is 8.75 Å². The van der Waals surface area contributed by atoms with E-state index in [0.717, 1.165) is 33.4 Å². The van der Waals surface area contributed by atoms with Crippen LogP contribution in [0.25, 0.3) is 11.0 Å². The maximum atomic E-state index is 14.1. The molecule has 3 aliphatic rings. The molecular formula is C24H17N3O4S. The number of hydrogen-bond donors (Lipinski definition) is 0. The Kier molecular flexibility index (Phi) is 3.61. The van der Waals surface area contributed by atoms with Gasteiger partial charge in [0.25, 0.3) is 0 Å². The van der Waals surface area contributed by atoms with Crippen molar-refractivity contribution in [1.82, 2.24) is 8.75 Å². The molecule has 8 heteroatoms. The van der Waals surface area contributed by atoms with Gasteiger partial charge in [0.2, 0.25) is 5.91 Å². The van der Waals surface area contributed by atoms with Crippen LogP contribution in [0, 0.1) is 0 Å². The molecule has 0 aliphatic carbocycles. The highest BCUT2D eigenvalue weighted by Gasteiger charge is 2.57. The summed E-state index contributed by atoms with van der Waals surface area (Å²) >= 11 is 1.19. The first kappa shape index (κ1) is 18.0.